The zero-order valence-electron chi connectivity index (χ0n) is 12.2. The number of amides is 1. The molecule has 1 aromatic carbocycles. The summed E-state index contributed by atoms with van der Waals surface area (Å²) >= 11 is 1.52. The van der Waals surface area contributed by atoms with Crippen LogP contribution in [-0.4, -0.2) is 30.6 Å². The number of ether oxygens (including phenoxy) is 1. The van der Waals surface area contributed by atoms with E-state index in [1.807, 2.05) is 36.5 Å². The number of rotatable bonds is 3. The minimum atomic E-state index is -0.334. The average molecular weight is 302 g/mol. The van der Waals surface area contributed by atoms with E-state index in [1.165, 1.54) is 11.3 Å². The van der Waals surface area contributed by atoms with Crippen molar-refractivity contribution in [3.05, 3.63) is 36.5 Å². The highest BCUT2D eigenvalue weighted by molar-refractivity contribution is 7.19. The number of carbonyl (C=O) groups excluding carboxylic acids is 1. The van der Waals surface area contributed by atoms with Gasteiger partial charge in [-0.15, -0.1) is 0 Å². The van der Waals surface area contributed by atoms with Gasteiger partial charge in [-0.2, -0.15) is 0 Å². The summed E-state index contributed by atoms with van der Waals surface area (Å²) in [4.78, 5) is 19.5. The molecule has 2 aromatic rings. The molecule has 0 aliphatic carbocycles. The summed E-state index contributed by atoms with van der Waals surface area (Å²) < 4.78 is 5.55. The number of benzene rings is 1. The van der Waals surface area contributed by atoms with Crippen LogP contribution in [0, 0.1) is 5.92 Å². The van der Waals surface area contributed by atoms with Crippen molar-refractivity contribution in [2.75, 3.05) is 18.6 Å². The average Bonchev–Trinajstić information content (AvgIpc) is 3.15. The lowest BCUT2D eigenvalue weighted by Crippen LogP contribution is -2.38. The van der Waals surface area contributed by atoms with Crippen LogP contribution in [0.15, 0.2) is 36.5 Å². The van der Waals surface area contributed by atoms with Gasteiger partial charge < -0.3 is 4.74 Å². The topological polar surface area (TPSA) is 42.4 Å². The van der Waals surface area contributed by atoms with Crippen molar-refractivity contribution in [3.8, 4) is 10.4 Å². The van der Waals surface area contributed by atoms with Crippen LogP contribution in [0.2, 0.25) is 0 Å². The maximum atomic E-state index is 12.5. The third-order valence-electron chi connectivity index (χ3n) is 3.80. The Kier molecular flexibility index (Phi) is 4.03. The summed E-state index contributed by atoms with van der Waals surface area (Å²) in [6.07, 6.45) is 2.43. The number of hydrogen-bond acceptors (Lipinski definition) is 4. The molecule has 3 rings (SSSR count). The van der Waals surface area contributed by atoms with Crippen molar-refractivity contribution >= 4 is 22.4 Å². The van der Waals surface area contributed by atoms with E-state index in [4.69, 9.17) is 4.74 Å². The third kappa shape index (κ3) is 2.84. The standard InChI is InChI=1S/C16H18N2O2S/c1-11-8-9-20-14(11)15(19)18(2)16-17-10-13(21-16)12-6-4-3-5-7-12/h3-7,10-11,14H,8-9H2,1-2H3/t11-,14+/m0/s1. The normalized spacial score (nSPS) is 21.4. The van der Waals surface area contributed by atoms with E-state index in [0.29, 0.717) is 11.7 Å². The monoisotopic (exact) mass is 302 g/mol. The fraction of sp³-hybridized carbons (Fsp3) is 0.375. The summed E-state index contributed by atoms with van der Waals surface area (Å²) in [7, 11) is 1.77. The molecule has 1 aliphatic heterocycles. The third-order valence-corrected chi connectivity index (χ3v) is 4.92. The van der Waals surface area contributed by atoms with Gasteiger partial charge in [-0.25, -0.2) is 4.98 Å². The van der Waals surface area contributed by atoms with Crippen molar-refractivity contribution in [2.45, 2.75) is 19.4 Å². The van der Waals surface area contributed by atoms with E-state index >= 15 is 0 Å². The second-order valence-corrected chi connectivity index (χ2v) is 6.34. The van der Waals surface area contributed by atoms with Crippen LogP contribution in [0.25, 0.3) is 10.4 Å². The van der Waals surface area contributed by atoms with Gasteiger partial charge >= 0.3 is 0 Å². The van der Waals surface area contributed by atoms with E-state index in [9.17, 15) is 4.79 Å². The molecule has 0 unspecified atom stereocenters. The molecule has 2 heterocycles. The van der Waals surface area contributed by atoms with Crippen LogP contribution in [0.4, 0.5) is 5.13 Å². The Labute approximate surface area is 128 Å². The summed E-state index contributed by atoms with van der Waals surface area (Å²) in [5, 5.41) is 0.710. The van der Waals surface area contributed by atoms with Gasteiger partial charge in [0.25, 0.3) is 5.91 Å². The van der Waals surface area contributed by atoms with Gasteiger partial charge in [-0.05, 0) is 17.9 Å². The first-order chi connectivity index (χ1) is 10.2. The summed E-state index contributed by atoms with van der Waals surface area (Å²) in [5.41, 5.74) is 1.12. The molecular weight excluding hydrogens is 284 g/mol. The Morgan fingerprint density at radius 2 is 2.14 bits per heavy atom. The summed E-state index contributed by atoms with van der Waals surface area (Å²) in [6, 6.07) is 10.1. The fourth-order valence-corrected chi connectivity index (χ4v) is 3.34. The Bertz CT molecular complexity index is 626. The van der Waals surface area contributed by atoms with Crippen molar-refractivity contribution in [3.63, 3.8) is 0 Å². The Morgan fingerprint density at radius 1 is 1.38 bits per heavy atom. The first-order valence-corrected chi connectivity index (χ1v) is 7.89. The van der Waals surface area contributed by atoms with Gasteiger partial charge in [0.2, 0.25) is 0 Å². The Balaban J connectivity index is 1.78. The number of nitrogens with zero attached hydrogens (tertiary/aromatic N) is 2. The zero-order valence-corrected chi connectivity index (χ0v) is 13.0. The van der Waals surface area contributed by atoms with Crippen LogP contribution in [0.3, 0.4) is 0 Å². The molecule has 2 atom stereocenters. The maximum absolute atomic E-state index is 12.5. The van der Waals surface area contributed by atoms with Crippen LogP contribution in [-0.2, 0) is 9.53 Å². The molecule has 1 fully saturated rings. The highest BCUT2D eigenvalue weighted by Gasteiger charge is 2.34. The highest BCUT2D eigenvalue weighted by Crippen LogP contribution is 2.32. The molecule has 1 aliphatic rings. The van der Waals surface area contributed by atoms with E-state index in [0.717, 1.165) is 16.9 Å². The largest absolute Gasteiger partial charge is 0.368 e. The predicted molar refractivity (Wildman–Crippen MR) is 84.5 cm³/mol. The predicted octanol–water partition coefficient (Wildman–Crippen LogP) is 3.20. The SMILES string of the molecule is C[C@H]1CCO[C@H]1C(=O)N(C)c1ncc(-c2ccccc2)s1. The number of thiazole rings is 1. The smallest absolute Gasteiger partial charge is 0.257 e. The number of anilines is 1. The van der Waals surface area contributed by atoms with E-state index < -0.39 is 0 Å². The fourth-order valence-electron chi connectivity index (χ4n) is 2.45. The van der Waals surface area contributed by atoms with Gasteiger partial charge in [-0.3, -0.25) is 9.69 Å². The molecule has 0 bridgehead atoms. The second-order valence-electron chi connectivity index (χ2n) is 5.33. The second kappa shape index (κ2) is 5.95. The molecule has 1 amide bonds. The quantitative estimate of drug-likeness (QED) is 0.874. The van der Waals surface area contributed by atoms with Gasteiger partial charge in [0.15, 0.2) is 5.13 Å². The number of likely N-dealkylation sites (N-methyl/N-ethyl adjacent to an activating group) is 1. The summed E-state index contributed by atoms with van der Waals surface area (Å²) in [6.45, 7) is 2.72. The summed E-state index contributed by atoms with van der Waals surface area (Å²) in [5.74, 6) is 0.266. The van der Waals surface area contributed by atoms with Crippen molar-refractivity contribution < 1.29 is 9.53 Å². The Morgan fingerprint density at radius 3 is 2.81 bits per heavy atom. The molecule has 1 aromatic heterocycles. The zero-order chi connectivity index (χ0) is 14.8. The minimum absolute atomic E-state index is 0.00559. The van der Waals surface area contributed by atoms with Crippen LogP contribution < -0.4 is 4.90 Å². The Hall–Kier alpha value is -1.72. The number of hydrogen-bond donors (Lipinski definition) is 0. The van der Waals surface area contributed by atoms with Crippen molar-refractivity contribution in [2.24, 2.45) is 5.92 Å². The van der Waals surface area contributed by atoms with Crippen LogP contribution in [0.5, 0.6) is 0 Å². The van der Waals surface area contributed by atoms with Gasteiger partial charge in [-0.1, -0.05) is 48.6 Å². The van der Waals surface area contributed by atoms with Gasteiger partial charge in [0.05, 0.1) is 4.88 Å². The molecule has 1 saturated heterocycles. The molecule has 0 saturated carbocycles. The molecule has 0 N–H and O–H groups in total. The van der Waals surface area contributed by atoms with Crippen molar-refractivity contribution in [1.82, 2.24) is 4.98 Å². The number of aromatic nitrogens is 1. The lowest BCUT2D eigenvalue weighted by Gasteiger charge is -2.20. The van der Waals surface area contributed by atoms with E-state index in [2.05, 4.69) is 11.9 Å². The lowest BCUT2D eigenvalue weighted by molar-refractivity contribution is -0.128. The van der Waals surface area contributed by atoms with Gasteiger partial charge in [0, 0.05) is 19.9 Å². The highest BCUT2D eigenvalue weighted by atomic mass is 32.1. The molecule has 4 nitrogen and oxygen atoms in total. The molecule has 110 valence electrons. The first kappa shape index (κ1) is 14.2. The molecule has 5 heteroatoms. The van der Waals surface area contributed by atoms with E-state index in [-0.39, 0.29) is 17.9 Å². The minimum Gasteiger partial charge on any atom is -0.368 e. The molecule has 0 radical (unpaired) electrons. The van der Waals surface area contributed by atoms with Crippen molar-refractivity contribution in [1.29, 1.82) is 0 Å². The first-order valence-electron chi connectivity index (χ1n) is 7.07. The van der Waals surface area contributed by atoms with Crippen LogP contribution >= 0.6 is 11.3 Å². The van der Waals surface area contributed by atoms with Gasteiger partial charge in [0.1, 0.15) is 6.10 Å². The molecule has 0 spiro atoms. The number of carbonyl (C=O) groups is 1. The van der Waals surface area contributed by atoms with Crippen LogP contribution in [0.1, 0.15) is 13.3 Å². The molecular formula is C16H18N2O2S. The maximum Gasteiger partial charge on any atom is 0.257 e. The molecule has 21 heavy (non-hydrogen) atoms. The lowest BCUT2D eigenvalue weighted by atomic mass is 10.0. The van der Waals surface area contributed by atoms with E-state index in [1.54, 1.807) is 11.9 Å².